The molecule has 0 amide bonds. The minimum atomic E-state index is -1.01. The zero-order valence-electron chi connectivity index (χ0n) is 35.7. The standard InChI is InChI=1S/C24H15BrF2O6.C23H13BrF2O6.C2H6/c1-11-21(30)17(26)7-15-19(14-5-3-13(9-28)4-6-14)16-8-18(27)24(32-10-31-12(2)29)20(25)23(16)33-22(11)15;1-11(28)30-10-31-19-8-18-14(6-16(19)25)20(13-4-2-12(9-27)3-5-13)15-7-17(26)22(29)21(24)23(15)32-18;1-2/h3-9H,10H2,1-2H3;2-9H,10H2,1H3;1-2H3. The number of hydrogen-bond acceptors (Lipinski definition) is 12. The van der Waals surface area contributed by atoms with Crippen LogP contribution in [0.5, 0.6) is 11.5 Å². The number of halogens is 6. The van der Waals surface area contributed by atoms with Crippen molar-refractivity contribution in [1.29, 1.82) is 0 Å². The molecule has 0 saturated heterocycles. The third-order valence-electron chi connectivity index (χ3n) is 9.82. The molecule has 0 saturated carbocycles. The number of ether oxygens (including phenoxy) is 4. The fraction of sp³-hybridized carbons (Fsp3) is 0.143. The molecule has 0 N–H and O–H groups in total. The molecule has 0 fully saturated rings. The molecule has 0 unspecified atom stereocenters. The summed E-state index contributed by atoms with van der Waals surface area (Å²) < 4.78 is 90.1. The molecule has 4 aromatic carbocycles. The van der Waals surface area contributed by atoms with E-state index in [2.05, 4.69) is 36.6 Å². The average molecular weight is 1050 g/mol. The zero-order valence-corrected chi connectivity index (χ0v) is 38.9. The van der Waals surface area contributed by atoms with Crippen molar-refractivity contribution in [3.63, 3.8) is 0 Å². The van der Waals surface area contributed by atoms with Gasteiger partial charge in [0.15, 0.2) is 46.1 Å². The van der Waals surface area contributed by atoms with E-state index in [1.807, 2.05) is 13.8 Å². The third kappa shape index (κ3) is 10.1. The van der Waals surface area contributed by atoms with Gasteiger partial charge in [0.1, 0.15) is 32.9 Å². The number of rotatable bonds is 10. The minimum absolute atomic E-state index is 0.0382. The second-order valence-electron chi connectivity index (χ2n) is 14.0. The van der Waals surface area contributed by atoms with Gasteiger partial charge in [0.25, 0.3) is 0 Å². The molecule has 67 heavy (non-hydrogen) atoms. The van der Waals surface area contributed by atoms with Crippen LogP contribution in [0, 0.1) is 30.2 Å². The highest BCUT2D eigenvalue weighted by atomic mass is 79.9. The molecule has 0 spiro atoms. The maximum Gasteiger partial charge on any atom is 0.305 e. The summed E-state index contributed by atoms with van der Waals surface area (Å²) in [6.07, 6.45) is 1.35. The number of hydrogen-bond donors (Lipinski definition) is 0. The molecule has 2 aliphatic carbocycles. The highest BCUT2D eigenvalue weighted by Crippen LogP contribution is 2.47. The predicted molar refractivity (Wildman–Crippen MR) is 246 cm³/mol. The summed E-state index contributed by atoms with van der Waals surface area (Å²) >= 11 is 6.36. The van der Waals surface area contributed by atoms with Crippen molar-refractivity contribution in [2.24, 2.45) is 0 Å². The maximum atomic E-state index is 15.0. The smallest absolute Gasteiger partial charge is 0.305 e. The van der Waals surface area contributed by atoms with Crippen LogP contribution in [-0.4, -0.2) is 38.1 Å². The number of benzene rings is 6. The largest absolute Gasteiger partial charge is 0.455 e. The lowest BCUT2D eigenvalue weighted by Gasteiger charge is -2.19. The molecule has 2 aliphatic heterocycles. The Morgan fingerprint density at radius 3 is 1.64 bits per heavy atom. The van der Waals surface area contributed by atoms with Crippen LogP contribution in [-0.2, 0) is 19.1 Å². The van der Waals surface area contributed by atoms with Gasteiger partial charge < -0.3 is 27.8 Å². The third-order valence-corrected chi connectivity index (χ3v) is 11.3. The van der Waals surface area contributed by atoms with Crippen molar-refractivity contribution in [3.05, 3.63) is 148 Å². The van der Waals surface area contributed by atoms with E-state index in [0.29, 0.717) is 46.0 Å². The second-order valence-corrected chi connectivity index (χ2v) is 15.5. The van der Waals surface area contributed by atoms with E-state index in [1.165, 1.54) is 26.8 Å². The Morgan fingerprint density at radius 1 is 0.612 bits per heavy atom. The Kier molecular flexibility index (Phi) is 15.4. The van der Waals surface area contributed by atoms with E-state index < -0.39 is 59.7 Å². The van der Waals surface area contributed by atoms with Gasteiger partial charge in [-0.15, -0.1) is 0 Å². The van der Waals surface area contributed by atoms with Crippen LogP contribution in [0.3, 0.4) is 0 Å². The molecule has 2 heterocycles. The summed E-state index contributed by atoms with van der Waals surface area (Å²) in [7, 11) is 0. The summed E-state index contributed by atoms with van der Waals surface area (Å²) in [5.74, 6) is -5.10. The number of fused-ring (bicyclic) bond motifs is 4. The van der Waals surface area contributed by atoms with Crippen LogP contribution < -0.4 is 20.3 Å². The number of esters is 2. The zero-order chi connectivity index (χ0) is 48.9. The van der Waals surface area contributed by atoms with Gasteiger partial charge in [0, 0.05) is 69.6 Å². The maximum absolute atomic E-state index is 15.0. The van der Waals surface area contributed by atoms with Crippen LogP contribution in [0.15, 0.2) is 106 Å². The normalized spacial score (nSPS) is 10.8. The Morgan fingerprint density at radius 2 is 1.10 bits per heavy atom. The molecule has 0 atom stereocenters. The van der Waals surface area contributed by atoms with E-state index in [-0.39, 0.29) is 70.6 Å². The van der Waals surface area contributed by atoms with Crippen molar-refractivity contribution >= 4 is 78.3 Å². The first-order valence-corrected chi connectivity index (χ1v) is 21.4. The summed E-state index contributed by atoms with van der Waals surface area (Å²) in [6.45, 7) is 6.75. The van der Waals surface area contributed by atoms with E-state index in [0.717, 1.165) is 24.3 Å². The molecule has 0 radical (unpaired) electrons. The Bertz CT molecular complexity index is 3280. The molecule has 4 aliphatic rings. The Labute approximate surface area is 393 Å². The van der Waals surface area contributed by atoms with Crippen molar-refractivity contribution in [2.45, 2.75) is 34.6 Å². The van der Waals surface area contributed by atoms with E-state index in [1.54, 1.807) is 48.5 Å². The van der Waals surface area contributed by atoms with Gasteiger partial charge in [-0.05, 0) is 74.2 Å². The van der Waals surface area contributed by atoms with Crippen molar-refractivity contribution in [1.82, 2.24) is 0 Å². The van der Waals surface area contributed by atoms with Crippen LogP contribution in [0.25, 0.3) is 66.8 Å². The monoisotopic (exact) mass is 1050 g/mol. The van der Waals surface area contributed by atoms with E-state index in [4.69, 9.17) is 23.0 Å². The molecular formula is C49H34Br2F4O12. The summed E-state index contributed by atoms with van der Waals surface area (Å²) in [6, 6.07) is 18.4. The average Bonchev–Trinajstić information content (AvgIpc) is 3.31. The summed E-state index contributed by atoms with van der Waals surface area (Å²) in [5, 5.41) is 0.543. The first kappa shape index (κ1) is 49.3. The molecule has 4 aromatic rings. The number of aldehydes is 2. The van der Waals surface area contributed by atoms with Crippen molar-refractivity contribution in [3.8, 4) is 56.4 Å². The lowest BCUT2D eigenvalue weighted by molar-refractivity contribution is -0.148. The number of carbonyl (C=O) groups is 4. The van der Waals surface area contributed by atoms with Crippen LogP contribution in [0.1, 0.15) is 54.0 Å². The van der Waals surface area contributed by atoms with Crippen LogP contribution >= 0.6 is 31.9 Å². The highest BCUT2D eigenvalue weighted by molar-refractivity contribution is 9.11. The topological polar surface area (TPSA) is 166 Å². The first-order valence-electron chi connectivity index (χ1n) is 19.8. The predicted octanol–water partition coefficient (Wildman–Crippen LogP) is 12.0. The van der Waals surface area contributed by atoms with Gasteiger partial charge in [-0.2, -0.15) is 0 Å². The fourth-order valence-corrected chi connectivity index (χ4v) is 7.87. The van der Waals surface area contributed by atoms with Gasteiger partial charge >= 0.3 is 11.9 Å². The molecular weight excluding hydrogens is 1020 g/mol. The van der Waals surface area contributed by atoms with Crippen molar-refractivity contribution < 1.29 is 64.5 Å². The van der Waals surface area contributed by atoms with Crippen molar-refractivity contribution in [2.75, 3.05) is 13.6 Å². The van der Waals surface area contributed by atoms with Gasteiger partial charge in [0.2, 0.25) is 24.4 Å². The Hall–Kier alpha value is -7.18. The van der Waals surface area contributed by atoms with Crippen LogP contribution in [0.2, 0.25) is 0 Å². The van der Waals surface area contributed by atoms with Gasteiger partial charge in [0.05, 0.1) is 0 Å². The molecule has 0 aromatic heterocycles. The SMILES string of the molecule is CC.CC(=O)OCOc1c(F)cc2c(-c3ccc(C=O)cc3)c3cc(F)c(=O)c(C)c-3oc2c1Br.CC(=O)OCOc1cc2oc3c(Br)c(=O)c(F)cc-3c(-c3ccc(C=O)cc3)c2cc1F. The first-order chi connectivity index (χ1) is 32.0. The van der Waals surface area contributed by atoms with E-state index in [9.17, 15) is 41.9 Å². The van der Waals surface area contributed by atoms with Gasteiger partial charge in [-0.25, -0.2) is 17.6 Å². The molecule has 0 bridgehead atoms. The number of carbonyl (C=O) groups excluding carboxylic acids is 4. The summed E-state index contributed by atoms with van der Waals surface area (Å²) in [5.41, 5.74) is 1.80. The molecule has 18 heteroatoms. The minimum Gasteiger partial charge on any atom is -0.455 e. The Balaban J connectivity index is 0.000000213. The van der Waals surface area contributed by atoms with Crippen LogP contribution in [0.4, 0.5) is 17.6 Å². The van der Waals surface area contributed by atoms with Gasteiger partial charge in [-0.3, -0.25) is 28.8 Å². The second kappa shape index (κ2) is 21.0. The fourth-order valence-electron chi connectivity index (χ4n) is 6.78. The molecule has 12 nitrogen and oxygen atoms in total. The lowest BCUT2D eigenvalue weighted by Crippen LogP contribution is -2.13. The highest BCUT2D eigenvalue weighted by Gasteiger charge is 2.28. The van der Waals surface area contributed by atoms with E-state index >= 15 is 4.39 Å². The molecule has 344 valence electrons. The summed E-state index contributed by atoms with van der Waals surface area (Å²) in [4.78, 5) is 68.4. The lowest BCUT2D eigenvalue weighted by atomic mass is 9.91. The van der Waals surface area contributed by atoms with Gasteiger partial charge in [-0.1, -0.05) is 62.4 Å². The molecule has 8 rings (SSSR count). The quantitative estimate of drug-likeness (QED) is 0.0419.